The van der Waals surface area contributed by atoms with Crippen LogP contribution in [-0.2, 0) is 12.0 Å². The third-order valence-electron chi connectivity index (χ3n) is 3.07. The van der Waals surface area contributed by atoms with E-state index in [1.165, 1.54) is 12.1 Å². The van der Waals surface area contributed by atoms with Crippen molar-refractivity contribution in [1.82, 2.24) is 15.0 Å². The molecule has 0 fully saturated rings. The van der Waals surface area contributed by atoms with Gasteiger partial charge >= 0.3 is 0 Å². The molecule has 1 aromatic heterocycles. The van der Waals surface area contributed by atoms with Gasteiger partial charge in [0.1, 0.15) is 11.6 Å². The zero-order valence-corrected chi connectivity index (χ0v) is 12.6. The fourth-order valence-electron chi connectivity index (χ4n) is 2.19. The quantitative estimate of drug-likeness (QED) is 0.861. The van der Waals surface area contributed by atoms with E-state index < -0.39 is 0 Å². The molecule has 0 saturated carbocycles. The number of hydrogen-bond donors (Lipinski definition) is 1. The predicted octanol–water partition coefficient (Wildman–Crippen LogP) is 2.77. The Bertz CT molecular complexity index is 587. The fraction of sp³-hybridized carbons (Fsp3) is 0.467. The van der Waals surface area contributed by atoms with Crippen LogP contribution in [0.4, 0.5) is 10.2 Å². The van der Waals surface area contributed by atoms with Crippen LogP contribution in [0, 0.1) is 5.82 Å². The number of benzene rings is 1. The summed E-state index contributed by atoms with van der Waals surface area (Å²) in [7, 11) is 0. The lowest BCUT2D eigenvalue weighted by Crippen LogP contribution is -2.20. The first-order valence-corrected chi connectivity index (χ1v) is 6.96. The van der Waals surface area contributed by atoms with E-state index in [4.69, 9.17) is 10.5 Å². The fourth-order valence-corrected chi connectivity index (χ4v) is 2.19. The van der Waals surface area contributed by atoms with Crippen LogP contribution in [0.5, 0.6) is 5.75 Å². The normalized spacial score (nSPS) is 11.6. The highest BCUT2D eigenvalue weighted by atomic mass is 19.1. The maximum absolute atomic E-state index is 12.8. The Morgan fingerprint density at radius 1 is 1.24 bits per heavy atom. The summed E-state index contributed by atoms with van der Waals surface area (Å²) in [5.74, 6) is 0.864. The Morgan fingerprint density at radius 3 is 2.52 bits per heavy atom. The van der Waals surface area contributed by atoms with Crippen LogP contribution >= 0.6 is 0 Å². The Balaban J connectivity index is 1.88. The molecule has 0 spiro atoms. The second kappa shape index (κ2) is 6.11. The number of anilines is 1. The first-order valence-electron chi connectivity index (χ1n) is 6.96. The molecule has 21 heavy (non-hydrogen) atoms. The lowest BCUT2D eigenvalue weighted by molar-refractivity contribution is 0.294. The van der Waals surface area contributed by atoms with Crippen molar-refractivity contribution in [3.05, 3.63) is 35.8 Å². The minimum absolute atomic E-state index is 0.106. The molecule has 114 valence electrons. The van der Waals surface area contributed by atoms with Gasteiger partial charge in [-0.2, -0.15) is 0 Å². The van der Waals surface area contributed by atoms with E-state index in [0.717, 1.165) is 12.1 Å². The van der Waals surface area contributed by atoms with E-state index in [2.05, 4.69) is 31.1 Å². The van der Waals surface area contributed by atoms with Crippen LogP contribution in [0.2, 0.25) is 0 Å². The minimum atomic E-state index is -0.268. The summed E-state index contributed by atoms with van der Waals surface area (Å²) in [6.45, 7) is 7.43. The molecule has 0 bridgehead atoms. The molecule has 0 radical (unpaired) electrons. The number of nitrogen functional groups attached to an aromatic ring is 1. The number of nitrogens with zero attached hydrogens (tertiary/aromatic N) is 3. The van der Waals surface area contributed by atoms with Gasteiger partial charge < -0.3 is 10.5 Å². The average Bonchev–Trinajstić information content (AvgIpc) is 2.78. The van der Waals surface area contributed by atoms with Gasteiger partial charge in [-0.25, -0.2) is 9.07 Å². The molecular formula is C15H21FN4O. The standard InChI is InChI=1S/C15H21FN4O/c1-15(2,3)13-14(17)18-19-20(13)9-4-10-21-12-7-5-11(16)6-8-12/h5-8H,4,9-10,17H2,1-3H3. The van der Waals surface area contributed by atoms with Gasteiger partial charge in [-0.3, -0.25) is 0 Å². The summed E-state index contributed by atoms with van der Waals surface area (Å²) < 4.78 is 20.1. The van der Waals surface area contributed by atoms with E-state index in [0.29, 0.717) is 24.7 Å². The largest absolute Gasteiger partial charge is 0.494 e. The number of rotatable bonds is 5. The maximum Gasteiger partial charge on any atom is 0.169 e. The zero-order chi connectivity index (χ0) is 15.5. The summed E-state index contributed by atoms with van der Waals surface area (Å²) in [6, 6.07) is 5.99. The van der Waals surface area contributed by atoms with Crippen LogP contribution in [-0.4, -0.2) is 21.6 Å². The SMILES string of the molecule is CC(C)(C)c1c(N)nnn1CCCOc1ccc(F)cc1. The minimum Gasteiger partial charge on any atom is -0.494 e. The number of aryl methyl sites for hydroxylation is 1. The molecule has 0 aliphatic heterocycles. The highest BCUT2D eigenvalue weighted by molar-refractivity contribution is 5.37. The molecule has 0 aliphatic rings. The molecule has 0 amide bonds. The van der Waals surface area contributed by atoms with Crippen molar-refractivity contribution < 1.29 is 9.13 Å². The van der Waals surface area contributed by atoms with Gasteiger partial charge in [0, 0.05) is 18.4 Å². The molecule has 2 rings (SSSR count). The third kappa shape index (κ3) is 3.93. The monoisotopic (exact) mass is 292 g/mol. The van der Waals surface area contributed by atoms with E-state index in [9.17, 15) is 4.39 Å². The number of hydrogen-bond acceptors (Lipinski definition) is 4. The molecular weight excluding hydrogens is 271 g/mol. The van der Waals surface area contributed by atoms with Gasteiger partial charge in [-0.05, 0) is 24.3 Å². The molecule has 0 aliphatic carbocycles. The number of nitrogens with two attached hydrogens (primary N) is 1. The van der Waals surface area contributed by atoms with E-state index >= 15 is 0 Å². The molecule has 2 N–H and O–H groups in total. The lowest BCUT2D eigenvalue weighted by atomic mass is 9.92. The van der Waals surface area contributed by atoms with E-state index in [1.54, 1.807) is 12.1 Å². The van der Waals surface area contributed by atoms with Crippen molar-refractivity contribution >= 4 is 5.82 Å². The van der Waals surface area contributed by atoms with Gasteiger partial charge in [0.2, 0.25) is 0 Å². The van der Waals surface area contributed by atoms with Crippen LogP contribution in [0.25, 0.3) is 0 Å². The smallest absolute Gasteiger partial charge is 0.169 e. The predicted molar refractivity (Wildman–Crippen MR) is 79.6 cm³/mol. The average molecular weight is 292 g/mol. The van der Waals surface area contributed by atoms with Gasteiger partial charge in [0.15, 0.2) is 5.82 Å². The van der Waals surface area contributed by atoms with Crippen molar-refractivity contribution in [3.63, 3.8) is 0 Å². The number of ether oxygens (including phenoxy) is 1. The van der Waals surface area contributed by atoms with Crippen molar-refractivity contribution in [2.75, 3.05) is 12.3 Å². The van der Waals surface area contributed by atoms with Crippen molar-refractivity contribution in [3.8, 4) is 5.75 Å². The molecule has 0 saturated heterocycles. The summed E-state index contributed by atoms with van der Waals surface area (Å²) >= 11 is 0. The second-order valence-corrected chi connectivity index (χ2v) is 5.95. The van der Waals surface area contributed by atoms with Crippen molar-refractivity contribution in [1.29, 1.82) is 0 Å². The summed E-state index contributed by atoms with van der Waals surface area (Å²) in [6.07, 6.45) is 0.767. The molecule has 0 atom stereocenters. The Hall–Kier alpha value is -2.11. The first-order chi connectivity index (χ1) is 9.88. The molecule has 1 heterocycles. The second-order valence-electron chi connectivity index (χ2n) is 5.95. The highest BCUT2D eigenvalue weighted by Crippen LogP contribution is 2.26. The summed E-state index contributed by atoms with van der Waals surface area (Å²) in [5.41, 5.74) is 6.70. The molecule has 2 aromatic rings. The van der Waals surface area contributed by atoms with Gasteiger partial charge in [0.05, 0.1) is 12.3 Å². The van der Waals surface area contributed by atoms with Crippen LogP contribution in [0.3, 0.4) is 0 Å². The Labute approximate surface area is 123 Å². The molecule has 0 unspecified atom stereocenters. The number of aromatic nitrogens is 3. The topological polar surface area (TPSA) is 66.0 Å². The Kier molecular flexibility index (Phi) is 4.45. The summed E-state index contributed by atoms with van der Waals surface area (Å²) in [5, 5.41) is 8.01. The van der Waals surface area contributed by atoms with Crippen LogP contribution in [0.1, 0.15) is 32.9 Å². The molecule has 1 aromatic carbocycles. The van der Waals surface area contributed by atoms with Gasteiger partial charge in [-0.1, -0.05) is 26.0 Å². The Morgan fingerprint density at radius 2 is 1.90 bits per heavy atom. The molecule has 6 heteroatoms. The van der Waals surface area contributed by atoms with Crippen LogP contribution < -0.4 is 10.5 Å². The van der Waals surface area contributed by atoms with Gasteiger partial charge in [-0.15, -0.1) is 5.10 Å². The zero-order valence-electron chi connectivity index (χ0n) is 12.6. The highest BCUT2D eigenvalue weighted by Gasteiger charge is 2.23. The van der Waals surface area contributed by atoms with Crippen molar-refractivity contribution in [2.24, 2.45) is 0 Å². The third-order valence-corrected chi connectivity index (χ3v) is 3.07. The van der Waals surface area contributed by atoms with E-state index in [-0.39, 0.29) is 11.2 Å². The number of halogens is 1. The maximum atomic E-state index is 12.8. The molecule has 5 nitrogen and oxygen atoms in total. The van der Waals surface area contributed by atoms with Gasteiger partial charge in [0.25, 0.3) is 0 Å². The van der Waals surface area contributed by atoms with Crippen LogP contribution in [0.15, 0.2) is 24.3 Å². The first kappa shape index (κ1) is 15.3. The summed E-state index contributed by atoms with van der Waals surface area (Å²) in [4.78, 5) is 0. The van der Waals surface area contributed by atoms with Crippen molar-refractivity contribution in [2.45, 2.75) is 39.2 Å². The lowest BCUT2D eigenvalue weighted by Gasteiger charge is -2.20. The van der Waals surface area contributed by atoms with E-state index in [1.807, 2.05) is 4.68 Å².